The monoisotopic (exact) mass is 299 g/mol. The van der Waals surface area contributed by atoms with Crippen LogP contribution < -0.4 is 5.46 Å². The molecule has 2 N–H and O–H groups in total. The van der Waals surface area contributed by atoms with Gasteiger partial charge in [0.2, 0.25) is 0 Å². The molecule has 0 spiro atoms. The number of benzene rings is 4. The van der Waals surface area contributed by atoms with Gasteiger partial charge in [-0.3, -0.25) is 0 Å². The second kappa shape index (κ2) is 5.54. The second-order valence-corrected chi connectivity index (χ2v) is 5.55. The van der Waals surface area contributed by atoms with Crippen molar-refractivity contribution in [1.29, 1.82) is 0 Å². The highest BCUT2D eigenvalue weighted by Gasteiger charge is 2.21. The molecule has 23 heavy (non-hydrogen) atoms. The fourth-order valence-electron chi connectivity index (χ4n) is 3.18. The topological polar surface area (TPSA) is 40.5 Å². The Morgan fingerprint density at radius 1 is 0.739 bits per heavy atom. The maximum Gasteiger partial charge on any atom is 0.489 e. The molecule has 0 atom stereocenters. The van der Waals surface area contributed by atoms with Crippen LogP contribution in [-0.4, -0.2) is 17.2 Å². The van der Waals surface area contributed by atoms with Gasteiger partial charge in [0.05, 0.1) is 1.37 Å². The van der Waals surface area contributed by atoms with Gasteiger partial charge in [-0.25, -0.2) is 0 Å². The van der Waals surface area contributed by atoms with Crippen molar-refractivity contribution < 1.29 is 11.4 Å². The van der Waals surface area contributed by atoms with Gasteiger partial charge >= 0.3 is 7.12 Å². The molecule has 110 valence electrons. The molecule has 0 aliphatic heterocycles. The molecule has 0 saturated carbocycles. The average Bonchev–Trinajstić information content (AvgIpc) is 2.62. The summed E-state index contributed by atoms with van der Waals surface area (Å²) in [4.78, 5) is 0. The molecule has 0 aliphatic rings. The molecule has 0 unspecified atom stereocenters. The summed E-state index contributed by atoms with van der Waals surface area (Å²) in [6.45, 7) is 0. The van der Waals surface area contributed by atoms with Crippen LogP contribution in [0.2, 0.25) is 0 Å². The summed E-state index contributed by atoms with van der Waals surface area (Å²) in [7, 11) is -1.61. The zero-order chi connectivity index (χ0) is 16.7. The van der Waals surface area contributed by atoms with Crippen LogP contribution in [0.15, 0.2) is 78.8 Å². The Kier molecular flexibility index (Phi) is 3.10. The van der Waals surface area contributed by atoms with Gasteiger partial charge in [-0.05, 0) is 44.2 Å². The van der Waals surface area contributed by atoms with Gasteiger partial charge in [-0.1, -0.05) is 72.8 Å². The standard InChI is InChI=1S/C20H15BO2/c22-21(23)20-18-11-5-4-9-15(18)13-16-10-6-12-17(19(16)20)14-7-2-1-3-8-14/h1-13,22-23H/i13D. The minimum atomic E-state index is -1.61. The van der Waals surface area contributed by atoms with Gasteiger partial charge in [0.1, 0.15) is 0 Å². The zero-order valence-electron chi connectivity index (χ0n) is 13.4. The minimum absolute atomic E-state index is 0.405. The Bertz CT molecular complexity index is 1050. The van der Waals surface area contributed by atoms with Crippen molar-refractivity contribution in [2.75, 3.05) is 0 Å². The van der Waals surface area contributed by atoms with Crippen LogP contribution in [-0.2, 0) is 0 Å². The van der Waals surface area contributed by atoms with Gasteiger partial charge in [0, 0.05) is 0 Å². The molecule has 4 aromatic carbocycles. The molecule has 2 nitrogen and oxygen atoms in total. The summed E-state index contributed by atoms with van der Waals surface area (Å²) in [5.74, 6) is 0. The van der Waals surface area contributed by atoms with Crippen LogP contribution in [0, 0.1) is 0 Å². The van der Waals surface area contributed by atoms with Crippen molar-refractivity contribution >= 4 is 34.1 Å². The first-order valence-electron chi connectivity index (χ1n) is 8.04. The van der Waals surface area contributed by atoms with E-state index in [0.29, 0.717) is 16.9 Å². The van der Waals surface area contributed by atoms with Crippen LogP contribution in [0.1, 0.15) is 1.37 Å². The van der Waals surface area contributed by atoms with Gasteiger partial charge in [-0.15, -0.1) is 0 Å². The molecule has 0 bridgehead atoms. The number of fused-ring (bicyclic) bond motifs is 2. The highest BCUT2D eigenvalue weighted by Crippen LogP contribution is 2.30. The summed E-state index contributed by atoms with van der Waals surface area (Å²) in [5, 5.41) is 23.0. The lowest BCUT2D eigenvalue weighted by atomic mass is 9.72. The predicted octanol–water partition coefficient (Wildman–Crippen LogP) is 3.34. The minimum Gasteiger partial charge on any atom is -0.423 e. The van der Waals surface area contributed by atoms with E-state index in [1.807, 2.05) is 72.8 Å². The average molecular weight is 299 g/mol. The van der Waals surface area contributed by atoms with E-state index in [-0.39, 0.29) is 0 Å². The highest BCUT2D eigenvalue weighted by atomic mass is 16.4. The van der Waals surface area contributed by atoms with E-state index < -0.39 is 7.12 Å². The maximum atomic E-state index is 10.1. The Balaban J connectivity index is 2.25. The quantitative estimate of drug-likeness (QED) is 0.440. The SMILES string of the molecule is [2H]c1c2ccccc2c(B(O)O)c2c(-c3ccccc3)cccc12. The molecule has 0 heterocycles. The zero-order valence-corrected chi connectivity index (χ0v) is 12.4. The first kappa shape index (κ1) is 12.9. The third-order valence-corrected chi connectivity index (χ3v) is 4.16. The van der Waals surface area contributed by atoms with Crippen molar-refractivity contribution in [2.45, 2.75) is 0 Å². The summed E-state index contributed by atoms with van der Waals surface area (Å²) in [5.41, 5.74) is 2.34. The van der Waals surface area contributed by atoms with Crippen LogP contribution in [0.4, 0.5) is 0 Å². The molecule has 4 rings (SSSR count). The molecule has 0 saturated heterocycles. The van der Waals surface area contributed by atoms with E-state index in [4.69, 9.17) is 1.37 Å². The maximum absolute atomic E-state index is 10.1. The Labute approximate surface area is 136 Å². The van der Waals surface area contributed by atoms with Gasteiger partial charge in [0.15, 0.2) is 0 Å². The molecule has 0 aromatic heterocycles. The lowest BCUT2D eigenvalue weighted by Gasteiger charge is -2.15. The Hall–Kier alpha value is -2.62. The van der Waals surface area contributed by atoms with Crippen molar-refractivity contribution in [3.05, 3.63) is 78.8 Å². The third kappa shape index (κ3) is 2.31. The van der Waals surface area contributed by atoms with E-state index in [9.17, 15) is 10.0 Å². The molecule has 3 heteroatoms. The van der Waals surface area contributed by atoms with Crippen LogP contribution in [0.5, 0.6) is 0 Å². The number of hydrogen-bond donors (Lipinski definition) is 2. The lowest BCUT2D eigenvalue weighted by Crippen LogP contribution is -2.31. The fraction of sp³-hybridized carbons (Fsp3) is 0. The third-order valence-electron chi connectivity index (χ3n) is 4.16. The van der Waals surface area contributed by atoms with Gasteiger partial charge in [0.25, 0.3) is 0 Å². The first-order chi connectivity index (χ1) is 11.7. The smallest absolute Gasteiger partial charge is 0.423 e. The largest absolute Gasteiger partial charge is 0.489 e. The van der Waals surface area contributed by atoms with E-state index in [1.165, 1.54) is 0 Å². The van der Waals surface area contributed by atoms with E-state index >= 15 is 0 Å². The normalized spacial score (nSPS) is 11.7. The molecule has 0 radical (unpaired) electrons. The first-order valence-corrected chi connectivity index (χ1v) is 7.54. The van der Waals surface area contributed by atoms with Crippen LogP contribution in [0.25, 0.3) is 32.7 Å². The molecule has 4 aromatic rings. The van der Waals surface area contributed by atoms with Gasteiger partial charge in [-0.2, -0.15) is 0 Å². The predicted molar refractivity (Wildman–Crippen MR) is 96.7 cm³/mol. The van der Waals surface area contributed by atoms with Crippen molar-refractivity contribution in [1.82, 2.24) is 0 Å². The van der Waals surface area contributed by atoms with Crippen LogP contribution >= 0.6 is 0 Å². The molecular weight excluding hydrogens is 283 g/mol. The van der Waals surface area contributed by atoms with E-state index in [1.54, 1.807) is 0 Å². The fourth-order valence-corrected chi connectivity index (χ4v) is 3.18. The van der Waals surface area contributed by atoms with Crippen LogP contribution in [0.3, 0.4) is 0 Å². The van der Waals surface area contributed by atoms with Crippen molar-refractivity contribution in [3.63, 3.8) is 0 Å². The lowest BCUT2D eigenvalue weighted by molar-refractivity contribution is 0.426. The Morgan fingerprint density at radius 2 is 1.43 bits per heavy atom. The second-order valence-electron chi connectivity index (χ2n) is 5.55. The molecular formula is C20H15BO2. The number of rotatable bonds is 2. The van der Waals surface area contributed by atoms with E-state index in [0.717, 1.165) is 27.3 Å². The van der Waals surface area contributed by atoms with Crippen molar-refractivity contribution in [2.24, 2.45) is 0 Å². The highest BCUT2D eigenvalue weighted by molar-refractivity contribution is 6.66. The summed E-state index contributed by atoms with van der Waals surface area (Å²) >= 11 is 0. The summed E-state index contributed by atoms with van der Waals surface area (Å²) < 4.78 is 8.57. The van der Waals surface area contributed by atoms with Crippen molar-refractivity contribution in [3.8, 4) is 11.1 Å². The molecule has 0 aliphatic carbocycles. The summed E-state index contributed by atoms with van der Waals surface area (Å²) in [6.07, 6.45) is 0. The number of hydrogen-bond acceptors (Lipinski definition) is 2. The molecule has 0 amide bonds. The molecule has 0 fully saturated rings. The van der Waals surface area contributed by atoms with Gasteiger partial charge < -0.3 is 10.0 Å². The Morgan fingerprint density at radius 3 is 2.22 bits per heavy atom. The summed E-state index contributed by atoms with van der Waals surface area (Å²) in [6, 6.07) is 23.3. The van der Waals surface area contributed by atoms with E-state index in [2.05, 4.69) is 0 Å².